The average Bonchev–Trinajstić information content (AvgIpc) is 1.83. The minimum absolute atomic E-state index is 0.485. The normalized spacial score (nSPS) is 13.0. The number of hydrogen-bond donors (Lipinski definition) is 1. The van der Waals surface area contributed by atoms with Crippen LogP contribution in [0.4, 0.5) is 4.39 Å². The maximum atomic E-state index is 11.6. The maximum absolute atomic E-state index is 11.6. The summed E-state index contributed by atoms with van der Waals surface area (Å²) in [7, 11) is 0. The highest BCUT2D eigenvalue weighted by Crippen LogP contribution is 1.93. The SMILES string of the molecule is C/C=C\C(=C/N)CF. The molecule has 0 aliphatic carbocycles. The molecule has 0 bridgehead atoms. The predicted molar refractivity (Wildman–Crippen MR) is 33.1 cm³/mol. The van der Waals surface area contributed by atoms with Gasteiger partial charge in [0.2, 0.25) is 0 Å². The standard InChI is InChI=1S/C6H10FN/c1-2-3-6(4-7)5-8/h2-3,5H,4,8H2,1H3/b3-2-,6-5+. The molecule has 2 N–H and O–H groups in total. The fourth-order valence-electron chi connectivity index (χ4n) is 0.359. The number of halogens is 1. The largest absolute Gasteiger partial charge is 0.404 e. The summed E-state index contributed by atoms with van der Waals surface area (Å²) >= 11 is 0. The molecule has 2 heteroatoms. The van der Waals surface area contributed by atoms with Gasteiger partial charge in [-0.15, -0.1) is 0 Å². The quantitative estimate of drug-likeness (QED) is 0.540. The Hall–Kier alpha value is -0.790. The molecule has 0 aromatic carbocycles. The molecule has 8 heavy (non-hydrogen) atoms. The lowest BCUT2D eigenvalue weighted by atomic mass is 10.3. The molecule has 0 saturated heterocycles. The van der Waals surface area contributed by atoms with Gasteiger partial charge in [-0.1, -0.05) is 12.2 Å². The Bertz CT molecular complexity index is 102. The molecule has 0 spiro atoms. The number of nitrogens with two attached hydrogens (primary N) is 1. The van der Waals surface area contributed by atoms with Gasteiger partial charge in [-0.05, 0) is 18.7 Å². The predicted octanol–water partition coefficient (Wildman–Crippen LogP) is 1.37. The zero-order chi connectivity index (χ0) is 6.41. The van der Waals surface area contributed by atoms with Gasteiger partial charge in [-0.2, -0.15) is 0 Å². The summed E-state index contributed by atoms with van der Waals surface area (Å²) in [5.41, 5.74) is 5.54. The van der Waals surface area contributed by atoms with Gasteiger partial charge in [0.15, 0.2) is 0 Å². The van der Waals surface area contributed by atoms with Crippen molar-refractivity contribution in [3.8, 4) is 0 Å². The first-order valence-electron chi connectivity index (χ1n) is 2.44. The topological polar surface area (TPSA) is 26.0 Å². The van der Waals surface area contributed by atoms with Gasteiger partial charge in [-0.25, -0.2) is 4.39 Å². The third-order valence-electron chi connectivity index (χ3n) is 0.749. The summed E-state index contributed by atoms with van der Waals surface area (Å²) in [4.78, 5) is 0. The number of allylic oxidation sites excluding steroid dienone is 3. The minimum Gasteiger partial charge on any atom is -0.404 e. The van der Waals surface area contributed by atoms with Crippen molar-refractivity contribution in [2.24, 2.45) is 5.73 Å². The van der Waals surface area contributed by atoms with E-state index in [-0.39, 0.29) is 0 Å². The molecule has 0 aliphatic heterocycles. The van der Waals surface area contributed by atoms with Crippen LogP contribution in [0.15, 0.2) is 23.9 Å². The van der Waals surface area contributed by atoms with E-state index in [1.807, 2.05) is 6.92 Å². The number of hydrogen-bond acceptors (Lipinski definition) is 1. The molecule has 1 nitrogen and oxygen atoms in total. The molecule has 0 rings (SSSR count). The van der Waals surface area contributed by atoms with Crippen molar-refractivity contribution in [1.29, 1.82) is 0 Å². The van der Waals surface area contributed by atoms with Crippen LogP contribution in [0.25, 0.3) is 0 Å². The zero-order valence-electron chi connectivity index (χ0n) is 4.89. The number of rotatable bonds is 2. The van der Waals surface area contributed by atoms with Crippen LogP contribution in [0.2, 0.25) is 0 Å². The molecule has 46 valence electrons. The van der Waals surface area contributed by atoms with Crippen LogP contribution in [0.5, 0.6) is 0 Å². The number of alkyl halides is 1. The Balaban J connectivity index is 3.72. The average molecular weight is 115 g/mol. The lowest BCUT2D eigenvalue weighted by Crippen LogP contribution is -1.86. The lowest BCUT2D eigenvalue weighted by Gasteiger charge is -1.87. The molecule has 0 heterocycles. The van der Waals surface area contributed by atoms with Gasteiger partial charge in [0.1, 0.15) is 6.67 Å². The molecular formula is C6H10FN. The molecule has 0 unspecified atom stereocenters. The lowest BCUT2D eigenvalue weighted by molar-refractivity contribution is 0.549. The zero-order valence-corrected chi connectivity index (χ0v) is 4.89. The molecule has 0 aliphatic rings. The molecule has 0 atom stereocenters. The van der Waals surface area contributed by atoms with Crippen molar-refractivity contribution in [3.63, 3.8) is 0 Å². The van der Waals surface area contributed by atoms with Crippen LogP contribution in [-0.4, -0.2) is 6.67 Å². The van der Waals surface area contributed by atoms with Crippen LogP contribution in [0.1, 0.15) is 6.92 Å². The van der Waals surface area contributed by atoms with E-state index in [0.29, 0.717) is 5.57 Å². The molecule has 0 amide bonds. The molecule has 0 aromatic heterocycles. The summed E-state index contributed by atoms with van der Waals surface area (Å²) in [5, 5.41) is 0. The summed E-state index contributed by atoms with van der Waals surface area (Å²) in [5.74, 6) is 0. The van der Waals surface area contributed by atoms with Gasteiger partial charge in [0, 0.05) is 0 Å². The second-order valence-corrected chi connectivity index (χ2v) is 1.38. The minimum atomic E-state index is -0.485. The Morgan fingerprint density at radius 1 is 1.75 bits per heavy atom. The summed E-state index contributed by atoms with van der Waals surface area (Å²) in [6, 6.07) is 0. The van der Waals surface area contributed by atoms with E-state index in [1.54, 1.807) is 12.2 Å². The Morgan fingerprint density at radius 2 is 2.38 bits per heavy atom. The Morgan fingerprint density at radius 3 is 2.50 bits per heavy atom. The second-order valence-electron chi connectivity index (χ2n) is 1.38. The first kappa shape index (κ1) is 7.21. The third kappa shape index (κ3) is 2.39. The molecule has 0 aromatic rings. The first-order chi connectivity index (χ1) is 3.85. The van der Waals surface area contributed by atoms with Crippen molar-refractivity contribution >= 4 is 0 Å². The molecule has 0 saturated carbocycles. The van der Waals surface area contributed by atoms with Gasteiger partial charge in [0.25, 0.3) is 0 Å². The van der Waals surface area contributed by atoms with Crippen LogP contribution in [0.3, 0.4) is 0 Å². The highest BCUT2D eigenvalue weighted by molar-refractivity contribution is 5.16. The highest BCUT2D eigenvalue weighted by Gasteiger charge is 1.83. The maximum Gasteiger partial charge on any atom is 0.116 e. The second kappa shape index (κ2) is 4.37. The highest BCUT2D eigenvalue weighted by atomic mass is 19.1. The van der Waals surface area contributed by atoms with Gasteiger partial charge >= 0.3 is 0 Å². The van der Waals surface area contributed by atoms with E-state index in [0.717, 1.165) is 0 Å². The van der Waals surface area contributed by atoms with E-state index >= 15 is 0 Å². The summed E-state index contributed by atoms with van der Waals surface area (Å²) in [6.07, 6.45) is 4.65. The van der Waals surface area contributed by atoms with Crippen LogP contribution in [-0.2, 0) is 0 Å². The van der Waals surface area contributed by atoms with E-state index in [2.05, 4.69) is 0 Å². The Kier molecular flexibility index (Phi) is 3.94. The van der Waals surface area contributed by atoms with Crippen molar-refractivity contribution < 1.29 is 4.39 Å². The fraction of sp³-hybridized carbons (Fsp3) is 0.333. The molecular weight excluding hydrogens is 105 g/mol. The van der Waals surface area contributed by atoms with E-state index in [9.17, 15) is 4.39 Å². The smallest absolute Gasteiger partial charge is 0.116 e. The monoisotopic (exact) mass is 115 g/mol. The first-order valence-corrected chi connectivity index (χ1v) is 2.44. The van der Waals surface area contributed by atoms with Crippen LogP contribution in [0, 0.1) is 0 Å². The Labute approximate surface area is 48.7 Å². The summed E-state index contributed by atoms with van der Waals surface area (Å²) < 4.78 is 11.6. The molecule has 0 fully saturated rings. The van der Waals surface area contributed by atoms with Crippen LogP contribution < -0.4 is 5.73 Å². The fourth-order valence-corrected chi connectivity index (χ4v) is 0.359. The van der Waals surface area contributed by atoms with Gasteiger partial charge in [-0.3, -0.25) is 0 Å². The van der Waals surface area contributed by atoms with Crippen molar-refractivity contribution in [2.75, 3.05) is 6.67 Å². The third-order valence-corrected chi connectivity index (χ3v) is 0.749. The van der Waals surface area contributed by atoms with Gasteiger partial charge < -0.3 is 5.73 Å². The van der Waals surface area contributed by atoms with E-state index < -0.39 is 6.67 Å². The summed E-state index contributed by atoms with van der Waals surface area (Å²) in [6.45, 7) is 1.33. The molecule has 0 radical (unpaired) electrons. The van der Waals surface area contributed by atoms with E-state index in [1.165, 1.54) is 6.20 Å². The van der Waals surface area contributed by atoms with E-state index in [4.69, 9.17) is 5.73 Å². The van der Waals surface area contributed by atoms with Crippen molar-refractivity contribution in [1.82, 2.24) is 0 Å². The van der Waals surface area contributed by atoms with Crippen molar-refractivity contribution in [2.45, 2.75) is 6.92 Å². The van der Waals surface area contributed by atoms with Crippen molar-refractivity contribution in [3.05, 3.63) is 23.9 Å². The van der Waals surface area contributed by atoms with Gasteiger partial charge in [0.05, 0.1) is 0 Å². The van der Waals surface area contributed by atoms with Crippen LogP contribution >= 0.6 is 0 Å².